The van der Waals surface area contributed by atoms with Crippen molar-refractivity contribution < 1.29 is 22.0 Å². The summed E-state index contributed by atoms with van der Waals surface area (Å²) < 4.78 is 67.0. The van der Waals surface area contributed by atoms with Gasteiger partial charge in [-0.05, 0) is 62.1 Å². The van der Waals surface area contributed by atoms with E-state index in [-0.39, 0.29) is 17.8 Å². The van der Waals surface area contributed by atoms with E-state index < -0.39 is 23.4 Å². The Morgan fingerprint density at radius 2 is 1.86 bits per heavy atom. The lowest BCUT2D eigenvalue weighted by atomic mass is 10.00. The van der Waals surface area contributed by atoms with Gasteiger partial charge < -0.3 is 9.47 Å². The van der Waals surface area contributed by atoms with Crippen LogP contribution >= 0.6 is 12.4 Å². The van der Waals surface area contributed by atoms with Gasteiger partial charge in [-0.1, -0.05) is 0 Å². The van der Waals surface area contributed by atoms with Gasteiger partial charge in [0.15, 0.2) is 17.5 Å². The van der Waals surface area contributed by atoms with Crippen LogP contribution in [0.4, 0.5) is 22.0 Å². The highest BCUT2D eigenvalue weighted by Crippen LogP contribution is 2.58. The smallest absolute Gasteiger partial charge is 0.314 e. The Morgan fingerprint density at radius 3 is 2.54 bits per heavy atom. The van der Waals surface area contributed by atoms with Crippen LogP contribution in [0.3, 0.4) is 0 Å². The number of alkyl halides is 3. The average Bonchev–Trinajstić information content (AvgIpc) is 3.17. The summed E-state index contributed by atoms with van der Waals surface area (Å²) in [5, 5.41) is 8.33. The molecule has 1 aromatic carbocycles. The lowest BCUT2D eigenvalue weighted by Crippen LogP contribution is -2.28. The van der Waals surface area contributed by atoms with Crippen LogP contribution in [0, 0.1) is 17.6 Å². The Kier molecular flexibility index (Phi) is 6.89. The number of nitrogens with zero attached hydrogens (tertiary/aromatic N) is 5. The second-order valence-corrected chi connectivity index (χ2v) is 9.31. The highest BCUT2D eigenvalue weighted by Gasteiger charge is 2.61. The molecular formula is C24H25ClF5N5. The van der Waals surface area contributed by atoms with E-state index >= 15 is 0 Å². The minimum Gasteiger partial charge on any atom is -0.314 e. The third-order valence-corrected chi connectivity index (χ3v) is 7.08. The summed E-state index contributed by atoms with van der Waals surface area (Å²) in [6.07, 6.45) is 0.0842. The minimum absolute atomic E-state index is 0. The zero-order valence-electron chi connectivity index (χ0n) is 19.0. The molecule has 1 saturated heterocycles. The van der Waals surface area contributed by atoms with Crippen LogP contribution in [0.2, 0.25) is 0 Å². The normalized spacial score (nSPS) is 21.6. The molecule has 0 unspecified atom stereocenters. The van der Waals surface area contributed by atoms with E-state index in [0.29, 0.717) is 23.7 Å². The first-order valence-electron chi connectivity index (χ1n) is 11.3. The van der Waals surface area contributed by atoms with Crippen LogP contribution in [0.25, 0.3) is 11.4 Å². The third-order valence-electron chi connectivity index (χ3n) is 7.08. The number of piperidine rings is 1. The molecule has 5 nitrogen and oxygen atoms in total. The van der Waals surface area contributed by atoms with Gasteiger partial charge in [-0.3, -0.25) is 4.98 Å². The number of unbranched alkanes of at least 4 members (excludes halogenated alkanes) is 1. The van der Waals surface area contributed by atoms with E-state index in [2.05, 4.69) is 20.1 Å². The Morgan fingerprint density at radius 1 is 1.06 bits per heavy atom. The number of hydrogen-bond donors (Lipinski definition) is 0. The molecule has 2 aliphatic rings. The van der Waals surface area contributed by atoms with E-state index in [4.69, 9.17) is 0 Å². The van der Waals surface area contributed by atoms with Crippen molar-refractivity contribution in [2.24, 2.45) is 13.0 Å². The minimum atomic E-state index is -4.37. The number of benzene rings is 1. The van der Waals surface area contributed by atoms with Gasteiger partial charge in [-0.25, -0.2) is 8.78 Å². The van der Waals surface area contributed by atoms with Crippen LogP contribution in [-0.4, -0.2) is 44.3 Å². The van der Waals surface area contributed by atoms with E-state index in [1.165, 1.54) is 12.1 Å². The van der Waals surface area contributed by atoms with Gasteiger partial charge >= 0.3 is 6.18 Å². The van der Waals surface area contributed by atoms with E-state index in [0.717, 1.165) is 74.8 Å². The fourth-order valence-electron chi connectivity index (χ4n) is 5.09. The molecule has 35 heavy (non-hydrogen) atoms. The van der Waals surface area contributed by atoms with Crippen molar-refractivity contribution >= 4 is 12.4 Å². The van der Waals surface area contributed by atoms with Crippen molar-refractivity contribution in [2.45, 2.75) is 37.3 Å². The number of hydrogen-bond acceptors (Lipinski definition) is 4. The molecule has 1 saturated carbocycles. The van der Waals surface area contributed by atoms with E-state index in [9.17, 15) is 22.0 Å². The molecule has 1 aliphatic heterocycles. The monoisotopic (exact) mass is 513 g/mol. The molecule has 0 amide bonds. The maximum atomic E-state index is 13.5. The number of likely N-dealkylation sites (tertiary alicyclic amines) is 1. The van der Waals surface area contributed by atoms with Crippen molar-refractivity contribution in [2.75, 3.05) is 19.6 Å². The first-order chi connectivity index (χ1) is 16.2. The second-order valence-electron chi connectivity index (χ2n) is 9.31. The molecule has 2 atom stereocenters. The van der Waals surface area contributed by atoms with Gasteiger partial charge in [-0.15, -0.1) is 22.6 Å². The summed E-state index contributed by atoms with van der Waals surface area (Å²) in [5.74, 6) is -0.111. The quantitative estimate of drug-likeness (QED) is 0.322. The van der Waals surface area contributed by atoms with Gasteiger partial charge in [-0.2, -0.15) is 13.2 Å². The van der Waals surface area contributed by atoms with Crippen LogP contribution in [0.5, 0.6) is 0 Å². The Hall–Kier alpha value is -2.59. The molecule has 188 valence electrons. The zero-order chi connectivity index (χ0) is 24.1. The maximum Gasteiger partial charge on any atom is 0.417 e. The predicted molar refractivity (Wildman–Crippen MR) is 122 cm³/mol. The van der Waals surface area contributed by atoms with Gasteiger partial charge in [0.25, 0.3) is 0 Å². The van der Waals surface area contributed by atoms with Crippen molar-refractivity contribution in [1.82, 2.24) is 24.6 Å². The summed E-state index contributed by atoms with van der Waals surface area (Å²) in [6.45, 7) is 2.65. The zero-order valence-corrected chi connectivity index (χ0v) is 19.8. The lowest BCUT2D eigenvalue weighted by Gasteiger charge is -2.20. The topological polar surface area (TPSA) is 46.8 Å². The number of pyridine rings is 1. The van der Waals surface area contributed by atoms with Gasteiger partial charge in [0.2, 0.25) is 0 Å². The number of rotatable bonds is 7. The second kappa shape index (κ2) is 9.46. The molecule has 11 heteroatoms. The molecule has 0 radical (unpaired) electrons. The first-order valence-corrected chi connectivity index (χ1v) is 11.3. The molecule has 5 rings (SSSR count). The van der Waals surface area contributed by atoms with Gasteiger partial charge in [0.1, 0.15) is 5.82 Å². The number of aromatic nitrogens is 4. The fraction of sp³-hybridized carbons (Fsp3) is 0.458. The molecular weight excluding hydrogens is 489 g/mol. The van der Waals surface area contributed by atoms with Gasteiger partial charge in [0.05, 0.1) is 5.56 Å². The highest BCUT2D eigenvalue weighted by atomic mass is 35.5. The predicted octanol–water partition coefficient (Wildman–Crippen LogP) is 5.19. The Bertz CT molecular complexity index is 1200. The number of fused-ring (bicyclic) bond motifs is 1. The summed E-state index contributed by atoms with van der Waals surface area (Å²) in [5.41, 5.74) is 0.416. The van der Waals surface area contributed by atoms with E-state index in [1.54, 1.807) is 11.6 Å². The largest absolute Gasteiger partial charge is 0.417 e. The molecule has 1 aliphatic carbocycles. The first kappa shape index (κ1) is 25.5. The molecule has 0 N–H and O–H groups in total. The van der Waals surface area contributed by atoms with Crippen molar-refractivity contribution in [1.29, 1.82) is 0 Å². The van der Waals surface area contributed by atoms with Gasteiger partial charge in [0, 0.05) is 49.4 Å². The molecule has 3 heterocycles. The number of aryl methyl sites for hydroxylation is 1. The van der Waals surface area contributed by atoms with Crippen molar-refractivity contribution in [3.05, 3.63) is 65.2 Å². The van der Waals surface area contributed by atoms with E-state index in [1.807, 2.05) is 0 Å². The summed E-state index contributed by atoms with van der Waals surface area (Å²) in [7, 11) is 1.81. The van der Waals surface area contributed by atoms with Crippen molar-refractivity contribution in [3.63, 3.8) is 0 Å². The molecule has 3 aromatic rings. The average molecular weight is 514 g/mol. The molecule has 0 spiro atoms. The summed E-state index contributed by atoms with van der Waals surface area (Å²) in [6, 6.07) is 6.33. The molecule has 0 bridgehead atoms. The SMILES string of the molecule is Cl.Cn1c(CCCCN2C[C@@H]3C[C@]3(c3ccc(C(F)(F)F)cn3)C2)nnc1-c1ccc(F)c(F)c1. The lowest BCUT2D eigenvalue weighted by molar-refractivity contribution is -0.137. The third kappa shape index (κ3) is 4.91. The summed E-state index contributed by atoms with van der Waals surface area (Å²) in [4.78, 5) is 6.51. The van der Waals surface area contributed by atoms with Crippen LogP contribution in [0.15, 0.2) is 36.5 Å². The van der Waals surface area contributed by atoms with Crippen LogP contribution in [-0.2, 0) is 25.1 Å². The molecule has 2 aromatic heterocycles. The maximum absolute atomic E-state index is 13.5. The fourth-order valence-corrected chi connectivity index (χ4v) is 5.09. The highest BCUT2D eigenvalue weighted by molar-refractivity contribution is 5.85. The standard InChI is InChI=1S/C24H24F5N5.ClH/c1-33-21(31-32-22(33)15-5-7-18(25)19(26)10-15)4-2-3-9-34-13-17-11-23(17,14-34)20-8-6-16(12-30-20)24(27,28)29;/h5-8,10,12,17H,2-4,9,11,13-14H2,1H3;1H/t17-,23-;/m0./s1. The Balaban J connectivity index is 0.00000289. The van der Waals surface area contributed by atoms with Crippen molar-refractivity contribution in [3.8, 4) is 11.4 Å². The summed E-state index contributed by atoms with van der Waals surface area (Å²) >= 11 is 0. The Labute approximate surface area is 205 Å². The molecule has 2 fully saturated rings. The van der Waals surface area contributed by atoms with Crippen LogP contribution in [0.1, 0.15) is 36.3 Å². The number of halogens is 6. The van der Waals surface area contributed by atoms with Crippen LogP contribution < -0.4 is 0 Å².